The SMILES string of the molecule is CCCn1nc(C)c(C(=O)NCC2CNCC2O)c1C.Cl. The predicted molar refractivity (Wildman–Crippen MR) is 83.9 cm³/mol. The van der Waals surface area contributed by atoms with Crippen LogP contribution in [0.2, 0.25) is 0 Å². The number of aliphatic hydroxyl groups is 1. The number of aromatic nitrogens is 2. The molecule has 0 aromatic carbocycles. The zero-order chi connectivity index (χ0) is 14.7. The van der Waals surface area contributed by atoms with Crippen LogP contribution in [0, 0.1) is 19.8 Å². The number of halogens is 1. The number of nitrogens with one attached hydrogen (secondary N) is 2. The number of aryl methyl sites for hydroxylation is 2. The summed E-state index contributed by atoms with van der Waals surface area (Å²) in [5.41, 5.74) is 2.34. The smallest absolute Gasteiger partial charge is 0.255 e. The Labute approximate surface area is 131 Å². The van der Waals surface area contributed by atoms with Crippen LogP contribution in [0.25, 0.3) is 0 Å². The average molecular weight is 317 g/mol. The van der Waals surface area contributed by atoms with E-state index in [4.69, 9.17) is 0 Å². The Morgan fingerprint density at radius 1 is 1.48 bits per heavy atom. The van der Waals surface area contributed by atoms with Gasteiger partial charge in [-0.2, -0.15) is 5.10 Å². The Kier molecular flexibility index (Phi) is 6.64. The van der Waals surface area contributed by atoms with Gasteiger partial charge in [0.1, 0.15) is 0 Å². The quantitative estimate of drug-likeness (QED) is 0.745. The van der Waals surface area contributed by atoms with Gasteiger partial charge in [-0.1, -0.05) is 6.92 Å². The van der Waals surface area contributed by atoms with Crippen molar-refractivity contribution in [2.24, 2.45) is 5.92 Å². The van der Waals surface area contributed by atoms with E-state index in [2.05, 4.69) is 22.7 Å². The van der Waals surface area contributed by atoms with Crippen LogP contribution < -0.4 is 10.6 Å². The molecule has 2 unspecified atom stereocenters. The first-order valence-electron chi connectivity index (χ1n) is 7.25. The van der Waals surface area contributed by atoms with E-state index < -0.39 is 0 Å². The van der Waals surface area contributed by atoms with Crippen LogP contribution in [0.5, 0.6) is 0 Å². The van der Waals surface area contributed by atoms with Gasteiger partial charge in [0, 0.05) is 37.8 Å². The first-order valence-corrected chi connectivity index (χ1v) is 7.25. The second-order valence-corrected chi connectivity index (χ2v) is 5.46. The van der Waals surface area contributed by atoms with Gasteiger partial charge in [-0.25, -0.2) is 0 Å². The molecular weight excluding hydrogens is 292 g/mol. The van der Waals surface area contributed by atoms with Crippen molar-refractivity contribution in [2.45, 2.75) is 39.8 Å². The van der Waals surface area contributed by atoms with Gasteiger partial charge < -0.3 is 15.7 Å². The van der Waals surface area contributed by atoms with E-state index in [1.807, 2.05) is 18.5 Å². The molecule has 0 radical (unpaired) electrons. The predicted octanol–water partition coefficient (Wildman–Crippen LogP) is 0.642. The first-order chi connectivity index (χ1) is 9.54. The van der Waals surface area contributed by atoms with Crippen molar-refractivity contribution in [3.8, 4) is 0 Å². The lowest BCUT2D eigenvalue weighted by atomic mass is 10.1. The number of carbonyl (C=O) groups is 1. The van der Waals surface area contributed by atoms with Crippen LogP contribution in [0.15, 0.2) is 0 Å². The molecule has 1 fully saturated rings. The fourth-order valence-electron chi connectivity index (χ4n) is 2.69. The molecule has 3 N–H and O–H groups in total. The van der Waals surface area contributed by atoms with Crippen LogP contribution in [0.1, 0.15) is 35.1 Å². The molecule has 1 amide bonds. The normalized spacial score (nSPS) is 21.1. The van der Waals surface area contributed by atoms with Crippen molar-refractivity contribution in [1.29, 1.82) is 0 Å². The lowest BCUT2D eigenvalue weighted by Gasteiger charge is -2.14. The summed E-state index contributed by atoms with van der Waals surface area (Å²) in [6.07, 6.45) is 0.614. The molecule has 2 atom stereocenters. The summed E-state index contributed by atoms with van der Waals surface area (Å²) >= 11 is 0. The first kappa shape index (κ1) is 17.9. The van der Waals surface area contributed by atoms with Crippen molar-refractivity contribution in [3.05, 3.63) is 17.0 Å². The van der Waals surface area contributed by atoms with Crippen molar-refractivity contribution in [3.63, 3.8) is 0 Å². The van der Waals surface area contributed by atoms with Crippen LogP contribution in [0.4, 0.5) is 0 Å². The molecule has 0 spiro atoms. The highest BCUT2D eigenvalue weighted by Gasteiger charge is 2.26. The van der Waals surface area contributed by atoms with E-state index >= 15 is 0 Å². The zero-order valence-electron chi connectivity index (χ0n) is 12.8. The van der Waals surface area contributed by atoms with E-state index in [0.717, 1.165) is 30.9 Å². The molecule has 0 aliphatic carbocycles. The van der Waals surface area contributed by atoms with Crippen molar-refractivity contribution in [1.82, 2.24) is 20.4 Å². The van der Waals surface area contributed by atoms with Gasteiger partial charge in [0.05, 0.1) is 17.4 Å². The maximum absolute atomic E-state index is 12.3. The zero-order valence-corrected chi connectivity index (χ0v) is 13.7. The molecule has 1 aliphatic heterocycles. The van der Waals surface area contributed by atoms with Crippen LogP contribution in [-0.2, 0) is 6.54 Å². The number of hydrogen-bond donors (Lipinski definition) is 3. The molecule has 6 nitrogen and oxygen atoms in total. The molecule has 1 aromatic rings. The minimum absolute atomic E-state index is 0. The third-order valence-electron chi connectivity index (χ3n) is 3.87. The third kappa shape index (κ3) is 3.96. The number of nitrogens with zero attached hydrogens (tertiary/aromatic N) is 2. The summed E-state index contributed by atoms with van der Waals surface area (Å²) in [5.74, 6) is -0.00768. The van der Waals surface area contributed by atoms with E-state index in [-0.39, 0.29) is 30.3 Å². The Bertz CT molecular complexity index is 490. The molecule has 2 rings (SSSR count). The minimum atomic E-state index is -0.375. The van der Waals surface area contributed by atoms with Gasteiger partial charge in [0.25, 0.3) is 5.91 Å². The summed E-state index contributed by atoms with van der Waals surface area (Å²) in [6, 6.07) is 0. The van der Waals surface area contributed by atoms with Crippen molar-refractivity contribution < 1.29 is 9.90 Å². The molecule has 0 saturated carbocycles. The number of hydrogen-bond acceptors (Lipinski definition) is 4. The van der Waals surface area contributed by atoms with Crippen LogP contribution in [-0.4, -0.2) is 46.5 Å². The fraction of sp³-hybridized carbons (Fsp3) is 0.714. The molecule has 1 aromatic heterocycles. The average Bonchev–Trinajstić information content (AvgIpc) is 2.92. The summed E-state index contributed by atoms with van der Waals surface area (Å²) in [4.78, 5) is 12.3. The maximum atomic E-state index is 12.3. The monoisotopic (exact) mass is 316 g/mol. The molecule has 0 bridgehead atoms. The molecule has 7 heteroatoms. The van der Waals surface area contributed by atoms with Gasteiger partial charge in [-0.05, 0) is 20.3 Å². The van der Waals surface area contributed by atoms with E-state index in [0.29, 0.717) is 18.7 Å². The van der Waals surface area contributed by atoms with Gasteiger partial charge in [-0.15, -0.1) is 12.4 Å². The van der Waals surface area contributed by atoms with Gasteiger partial charge >= 0.3 is 0 Å². The van der Waals surface area contributed by atoms with Gasteiger partial charge in [0.2, 0.25) is 0 Å². The van der Waals surface area contributed by atoms with Gasteiger partial charge in [0.15, 0.2) is 0 Å². The molecule has 120 valence electrons. The number of carbonyl (C=O) groups excluding carboxylic acids is 1. The Morgan fingerprint density at radius 3 is 2.76 bits per heavy atom. The summed E-state index contributed by atoms with van der Waals surface area (Å²) < 4.78 is 1.89. The fourth-order valence-corrected chi connectivity index (χ4v) is 2.69. The molecule has 21 heavy (non-hydrogen) atoms. The molecular formula is C14H25ClN4O2. The lowest BCUT2D eigenvalue weighted by Crippen LogP contribution is -2.34. The number of aliphatic hydroxyl groups excluding tert-OH is 1. The van der Waals surface area contributed by atoms with E-state index in [1.54, 1.807) is 0 Å². The lowest BCUT2D eigenvalue weighted by molar-refractivity contribution is 0.0925. The second-order valence-electron chi connectivity index (χ2n) is 5.46. The number of rotatable bonds is 5. The van der Waals surface area contributed by atoms with E-state index in [9.17, 15) is 9.90 Å². The van der Waals surface area contributed by atoms with Crippen molar-refractivity contribution >= 4 is 18.3 Å². The van der Waals surface area contributed by atoms with E-state index in [1.165, 1.54) is 0 Å². The topological polar surface area (TPSA) is 79.2 Å². The maximum Gasteiger partial charge on any atom is 0.255 e. The Hall–Kier alpha value is -1.11. The standard InChI is InChI=1S/C14H24N4O2.ClH/c1-4-5-18-10(3)13(9(2)17-18)14(20)16-7-11-6-15-8-12(11)19;/h11-12,15,19H,4-8H2,1-3H3,(H,16,20);1H. The number of amides is 1. The summed E-state index contributed by atoms with van der Waals surface area (Å²) in [6.45, 7) is 8.54. The van der Waals surface area contributed by atoms with Crippen LogP contribution >= 0.6 is 12.4 Å². The molecule has 2 heterocycles. The van der Waals surface area contributed by atoms with Crippen LogP contribution in [0.3, 0.4) is 0 Å². The second kappa shape index (κ2) is 7.77. The Balaban J connectivity index is 0.00000220. The largest absolute Gasteiger partial charge is 0.391 e. The number of β-amino-alcohol motifs (C(OH)–C–C–N with tert-alkyl or cyclic N) is 1. The summed E-state index contributed by atoms with van der Waals surface area (Å²) in [5, 5.41) is 20.2. The molecule has 1 aliphatic rings. The highest BCUT2D eigenvalue weighted by Crippen LogP contribution is 2.14. The third-order valence-corrected chi connectivity index (χ3v) is 3.87. The van der Waals surface area contributed by atoms with Crippen molar-refractivity contribution in [2.75, 3.05) is 19.6 Å². The highest BCUT2D eigenvalue weighted by molar-refractivity contribution is 5.96. The highest BCUT2D eigenvalue weighted by atomic mass is 35.5. The Morgan fingerprint density at radius 2 is 2.19 bits per heavy atom. The molecule has 1 saturated heterocycles. The van der Waals surface area contributed by atoms with Gasteiger partial charge in [-0.3, -0.25) is 9.48 Å². The summed E-state index contributed by atoms with van der Waals surface area (Å²) in [7, 11) is 0. The minimum Gasteiger partial charge on any atom is -0.391 e.